The minimum absolute atomic E-state index is 0.197. The zero-order valence-corrected chi connectivity index (χ0v) is 7.18. The van der Waals surface area contributed by atoms with Gasteiger partial charge in [-0.3, -0.25) is 0 Å². The van der Waals surface area contributed by atoms with Crippen molar-refractivity contribution in [3.8, 4) is 0 Å². The summed E-state index contributed by atoms with van der Waals surface area (Å²) in [5.41, 5.74) is -2.77. The second-order valence-electron chi connectivity index (χ2n) is 2.54. The minimum Gasteiger partial charge on any atom is -0.183 e. The highest BCUT2D eigenvalue weighted by Crippen LogP contribution is 2.41. The fourth-order valence-electron chi connectivity index (χ4n) is 0.532. The van der Waals surface area contributed by atoms with Gasteiger partial charge in [-0.2, -0.15) is 40.0 Å². The first-order valence-electron chi connectivity index (χ1n) is 3.26. The van der Waals surface area contributed by atoms with Gasteiger partial charge in [0.15, 0.2) is 0 Å². The predicted octanol–water partition coefficient (Wildman–Crippen LogP) is 3.15. The number of halogens is 8. The molecule has 0 atom stereocenters. The van der Waals surface area contributed by atoms with Crippen molar-refractivity contribution in [2.75, 3.05) is 7.05 Å². The van der Waals surface area contributed by atoms with Gasteiger partial charge in [0.1, 0.15) is 5.57 Å². The summed E-state index contributed by atoms with van der Waals surface area (Å²) in [4.78, 5) is -1.66. The van der Waals surface area contributed by atoms with Crippen molar-refractivity contribution in [2.45, 2.75) is 18.5 Å². The van der Waals surface area contributed by atoms with E-state index in [0.717, 1.165) is 0 Å². The first kappa shape index (κ1) is 14.1. The highest BCUT2D eigenvalue weighted by Gasteiger charge is 2.58. The molecule has 0 aliphatic carbocycles. The zero-order valence-electron chi connectivity index (χ0n) is 7.18. The molecule has 9 heteroatoms. The van der Waals surface area contributed by atoms with E-state index in [9.17, 15) is 35.1 Å². The van der Waals surface area contributed by atoms with Crippen molar-refractivity contribution in [2.24, 2.45) is 0 Å². The summed E-state index contributed by atoms with van der Waals surface area (Å²) in [6.45, 7) is 1.92. The van der Waals surface area contributed by atoms with Crippen LogP contribution in [0.15, 0.2) is 12.2 Å². The molecule has 15 heavy (non-hydrogen) atoms. The Bertz CT molecular complexity index is 249. The highest BCUT2D eigenvalue weighted by atomic mass is 19.4. The van der Waals surface area contributed by atoms with Crippen LogP contribution in [-0.2, 0) is 0 Å². The number of hydrogen-bond donors (Lipinski definition) is 0. The van der Waals surface area contributed by atoms with Crippen molar-refractivity contribution < 1.29 is 35.1 Å². The molecule has 0 aliphatic rings. The van der Waals surface area contributed by atoms with Gasteiger partial charge in [0.2, 0.25) is 0 Å². The van der Waals surface area contributed by atoms with Crippen molar-refractivity contribution in [3.63, 3.8) is 0 Å². The summed E-state index contributed by atoms with van der Waals surface area (Å²) in [5, 5.41) is 0. The molecule has 0 saturated carbocycles. The van der Waals surface area contributed by atoms with Gasteiger partial charge in [0.05, 0.1) is 0 Å². The lowest BCUT2D eigenvalue weighted by atomic mass is 10.2. The average Bonchev–Trinajstić information content (AvgIpc) is 1.98. The molecule has 0 rings (SSSR count). The Balaban J connectivity index is 5.08. The summed E-state index contributed by atoms with van der Waals surface area (Å²) in [6.07, 6.45) is -11.2. The predicted molar refractivity (Wildman–Crippen MR) is 34.0 cm³/mol. The lowest BCUT2D eigenvalue weighted by Gasteiger charge is -2.30. The normalized spacial score (nSPS) is 14.5. The monoisotopic (exact) mass is 243 g/mol. The van der Waals surface area contributed by atoms with Crippen LogP contribution in [0.3, 0.4) is 0 Å². The molecule has 0 bridgehead atoms. The molecule has 90 valence electrons. The van der Waals surface area contributed by atoms with E-state index in [1.54, 1.807) is 0 Å². The maximum Gasteiger partial charge on any atom is 0.464 e. The van der Waals surface area contributed by atoms with Gasteiger partial charge in [0.25, 0.3) is 0 Å². The Hall–Kier alpha value is -0.860. The molecule has 0 heterocycles. The van der Waals surface area contributed by atoms with E-state index < -0.39 is 29.0 Å². The minimum atomic E-state index is -5.59. The van der Waals surface area contributed by atoms with Crippen LogP contribution in [0.4, 0.5) is 35.1 Å². The first-order valence-corrected chi connectivity index (χ1v) is 3.26. The molecular formula is C6H5F8N. The number of rotatable bonds is 2. The molecular weight excluding hydrogens is 238 g/mol. The lowest BCUT2D eigenvalue weighted by Crippen LogP contribution is -2.51. The molecule has 0 aromatic rings. The van der Waals surface area contributed by atoms with Crippen LogP contribution in [-0.4, -0.2) is 30.5 Å². The van der Waals surface area contributed by atoms with Crippen LogP contribution in [0.25, 0.3) is 0 Å². The lowest BCUT2D eigenvalue weighted by molar-refractivity contribution is -0.318. The van der Waals surface area contributed by atoms with Gasteiger partial charge < -0.3 is 0 Å². The fraction of sp³-hybridized carbons (Fsp3) is 0.667. The van der Waals surface area contributed by atoms with E-state index in [0.29, 0.717) is 0 Å². The van der Waals surface area contributed by atoms with Gasteiger partial charge in [0, 0.05) is 7.05 Å². The molecule has 0 N–H and O–H groups in total. The van der Waals surface area contributed by atoms with E-state index in [-0.39, 0.29) is 7.05 Å². The third kappa shape index (κ3) is 3.05. The average molecular weight is 243 g/mol. The topological polar surface area (TPSA) is 3.24 Å². The van der Waals surface area contributed by atoms with E-state index in [4.69, 9.17) is 0 Å². The maximum absolute atomic E-state index is 12.6. The second kappa shape index (κ2) is 3.62. The second-order valence-corrected chi connectivity index (χ2v) is 2.54. The van der Waals surface area contributed by atoms with Crippen LogP contribution in [0.5, 0.6) is 0 Å². The van der Waals surface area contributed by atoms with Gasteiger partial charge in [-0.25, -0.2) is 0 Å². The van der Waals surface area contributed by atoms with Crippen molar-refractivity contribution >= 4 is 0 Å². The van der Waals surface area contributed by atoms with Crippen molar-refractivity contribution in [3.05, 3.63) is 12.2 Å². The van der Waals surface area contributed by atoms with Crippen LogP contribution >= 0.6 is 0 Å². The molecule has 0 radical (unpaired) electrons. The molecule has 0 aromatic carbocycles. The molecule has 1 nitrogen and oxygen atoms in total. The van der Waals surface area contributed by atoms with E-state index in [1.807, 2.05) is 6.58 Å². The summed E-state index contributed by atoms with van der Waals surface area (Å²) < 4.78 is 95.5. The zero-order chi connectivity index (χ0) is 12.7. The number of hydrogen-bond acceptors (Lipinski definition) is 1. The summed E-state index contributed by atoms with van der Waals surface area (Å²) in [7, 11) is -0.197. The number of alkyl halides is 8. The molecule has 0 saturated heterocycles. The number of likely N-dealkylation sites (N-methyl/N-ethyl adjacent to an activating group) is 1. The SMILES string of the molecule is C=C(C(F)(F)F)C(F)(F)N(C)C(F)(F)F. The Morgan fingerprint density at radius 1 is 0.933 bits per heavy atom. The molecule has 0 unspecified atom stereocenters. The molecule has 0 fully saturated rings. The fourth-order valence-corrected chi connectivity index (χ4v) is 0.532. The Morgan fingerprint density at radius 2 is 1.27 bits per heavy atom. The van der Waals surface area contributed by atoms with E-state index >= 15 is 0 Å². The van der Waals surface area contributed by atoms with Crippen LogP contribution in [0, 0.1) is 0 Å². The van der Waals surface area contributed by atoms with Gasteiger partial charge >= 0.3 is 18.5 Å². The summed E-state index contributed by atoms with van der Waals surface area (Å²) in [6, 6.07) is -5.23. The van der Waals surface area contributed by atoms with Gasteiger partial charge in [-0.15, -0.1) is 0 Å². The third-order valence-corrected chi connectivity index (χ3v) is 1.51. The molecule has 0 aromatic heterocycles. The smallest absolute Gasteiger partial charge is 0.183 e. The van der Waals surface area contributed by atoms with Crippen molar-refractivity contribution in [1.82, 2.24) is 4.90 Å². The van der Waals surface area contributed by atoms with E-state index in [1.165, 1.54) is 0 Å². The van der Waals surface area contributed by atoms with Crippen LogP contribution in [0.2, 0.25) is 0 Å². The molecule has 0 aliphatic heterocycles. The molecule has 0 amide bonds. The largest absolute Gasteiger partial charge is 0.464 e. The molecule has 0 spiro atoms. The maximum atomic E-state index is 12.6. The number of nitrogens with zero attached hydrogens (tertiary/aromatic N) is 1. The van der Waals surface area contributed by atoms with Crippen molar-refractivity contribution in [1.29, 1.82) is 0 Å². The van der Waals surface area contributed by atoms with Gasteiger partial charge in [-0.05, 0) is 0 Å². The Kier molecular flexibility index (Phi) is 3.41. The summed E-state index contributed by atoms with van der Waals surface area (Å²) in [5.74, 6) is 0. The highest BCUT2D eigenvalue weighted by molar-refractivity contribution is 5.13. The third-order valence-electron chi connectivity index (χ3n) is 1.51. The quantitative estimate of drug-likeness (QED) is 0.409. The van der Waals surface area contributed by atoms with E-state index in [2.05, 4.69) is 0 Å². The first-order chi connectivity index (χ1) is 6.31. The van der Waals surface area contributed by atoms with Crippen LogP contribution < -0.4 is 0 Å². The standard InChI is InChI=1S/C6H5F8N/c1-3(4(7,8)9)5(10,11)15(2)6(12,13)14/h1H2,2H3. The van der Waals surface area contributed by atoms with Gasteiger partial charge in [-0.1, -0.05) is 6.58 Å². The Labute approximate surface area is 79.0 Å². The van der Waals surface area contributed by atoms with Crippen LogP contribution in [0.1, 0.15) is 0 Å². The summed E-state index contributed by atoms with van der Waals surface area (Å²) >= 11 is 0. The Morgan fingerprint density at radius 3 is 1.47 bits per heavy atom.